The van der Waals surface area contributed by atoms with E-state index in [2.05, 4.69) is 9.88 Å². The molecule has 4 aromatic rings. The van der Waals surface area contributed by atoms with Gasteiger partial charge in [-0.1, -0.05) is 66.2 Å². The van der Waals surface area contributed by atoms with E-state index in [9.17, 15) is 9.59 Å². The number of carbonyl (C=O) groups is 2. The molecule has 152 valence electrons. The van der Waals surface area contributed by atoms with Crippen LogP contribution in [0.1, 0.15) is 11.1 Å². The van der Waals surface area contributed by atoms with E-state index in [1.165, 1.54) is 0 Å². The maximum Gasteiger partial charge on any atom is 0.333 e. The Morgan fingerprint density at radius 3 is 2.39 bits per heavy atom. The van der Waals surface area contributed by atoms with Gasteiger partial charge in [-0.25, -0.2) is 9.69 Å². The minimum Gasteiger partial charge on any atom is -0.342 e. The normalized spacial score (nSPS) is 15.1. The number of aromatic nitrogens is 1. The average molecular weight is 428 g/mol. The quantitative estimate of drug-likeness (QED) is 0.348. The van der Waals surface area contributed by atoms with E-state index in [4.69, 9.17) is 11.6 Å². The van der Waals surface area contributed by atoms with Crippen LogP contribution in [0, 0.1) is 0 Å². The second-order valence-corrected chi connectivity index (χ2v) is 7.69. The Morgan fingerprint density at radius 1 is 0.871 bits per heavy atom. The first-order valence-electron chi connectivity index (χ1n) is 9.85. The van der Waals surface area contributed by atoms with Gasteiger partial charge in [0.25, 0.3) is 5.91 Å². The molecule has 2 heterocycles. The molecular formula is C25H18ClN3O2. The number of carbonyl (C=O) groups excluding carboxylic acids is 2. The number of anilines is 1. The zero-order valence-corrected chi connectivity index (χ0v) is 17.2. The molecule has 1 N–H and O–H groups in total. The Bertz CT molecular complexity index is 1340. The monoisotopic (exact) mass is 427 g/mol. The second kappa shape index (κ2) is 7.78. The smallest absolute Gasteiger partial charge is 0.333 e. The van der Waals surface area contributed by atoms with E-state index in [0.29, 0.717) is 17.3 Å². The molecule has 1 fully saturated rings. The number of nitrogens with one attached hydrogen (secondary N) is 1. The molecule has 1 aliphatic rings. The van der Waals surface area contributed by atoms with E-state index in [0.717, 1.165) is 26.9 Å². The molecule has 0 spiro atoms. The number of urea groups is 1. The van der Waals surface area contributed by atoms with Crippen LogP contribution in [0.5, 0.6) is 0 Å². The molecule has 31 heavy (non-hydrogen) atoms. The molecule has 0 bridgehead atoms. The van der Waals surface area contributed by atoms with E-state index in [1.807, 2.05) is 60.8 Å². The highest BCUT2D eigenvalue weighted by Gasteiger charge is 2.34. The van der Waals surface area contributed by atoms with Gasteiger partial charge in [-0.2, -0.15) is 0 Å². The van der Waals surface area contributed by atoms with Gasteiger partial charge in [0.05, 0.1) is 5.69 Å². The predicted octanol–water partition coefficient (Wildman–Crippen LogP) is 5.44. The number of hydrogen-bond acceptors (Lipinski definition) is 2. The number of rotatable bonds is 4. The summed E-state index contributed by atoms with van der Waals surface area (Å²) in [5.41, 5.74) is 3.65. The zero-order valence-electron chi connectivity index (χ0n) is 16.5. The summed E-state index contributed by atoms with van der Waals surface area (Å²) in [7, 11) is 0. The maximum atomic E-state index is 12.9. The number of benzene rings is 3. The predicted molar refractivity (Wildman–Crippen MR) is 123 cm³/mol. The molecule has 1 saturated heterocycles. The van der Waals surface area contributed by atoms with Crippen LogP contribution < -0.4 is 10.2 Å². The number of halogens is 1. The lowest BCUT2D eigenvalue weighted by Crippen LogP contribution is -2.30. The third kappa shape index (κ3) is 3.49. The fourth-order valence-corrected chi connectivity index (χ4v) is 4.03. The summed E-state index contributed by atoms with van der Waals surface area (Å²) in [4.78, 5) is 26.6. The molecular weight excluding hydrogens is 410 g/mol. The largest absolute Gasteiger partial charge is 0.342 e. The fourth-order valence-electron chi connectivity index (χ4n) is 3.83. The van der Waals surface area contributed by atoms with Gasteiger partial charge in [0.2, 0.25) is 0 Å². The number of nitrogens with zero attached hydrogens (tertiary/aromatic N) is 2. The van der Waals surface area contributed by atoms with Gasteiger partial charge in [-0.15, -0.1) is 0 Å². The number of hydrogen-bond donors (Lipinski definition) is 1. The van der Waals surface area contributed by atoms with Crippen molar-refractivity contribution in [2.75, 3.05) is 4.90 Å². The van der Waals surface area contributed by atoms with Crippen molar-refractivity contribution in [3.8, 4) is 0 Å². The summed E-state index contributed by atoms with van der Waals surface area (Å²) in [6, 6.07) is 24.1. The summed E-state index contributed by atoms with van der Waals surface area (Å²) in [5, 5.41) is 4.40. The first-order chi connectivity index (χ1) is 15.1. The van der Waals surface area contributed by atoms with Crippen molar-refractivity contribution in [2.24, 2.45) is 0 Å². The second-order valence-electron chi connectivity index (χ2n) is 7.29. The zero-order chi connectivity index (χ0) is 21.4. The first-order valence-corrected chi connectivity index (χ1v) is 10.2. The van der Waals surface area contributed by atoms with Crippen molar-refractivity contribution in [3.63, 3.8) is 0 Å². The van der Waals surface area contributed by atoms with Gasteiger partial charge in [-0.3, -0.25) is 4.79 Å². The van der Waals surface area contributed by atoms with Crippen LogP contribution in [-0.4, -0.2) is 16.5 Å². The minimum atomic E-state index is -0.456. The van der Waals surface area contributed by atoms with E-state index < -0.39 is 6.03 Å². The van der Waals surface area contributed by atoms with Crippen molar-refractivity contribution >= 4 is 46.2 Å². The molecule has 3 aromatic carbocycles. The Balaban J connectivity index is 1.54. The highest BCUT2D eigenvalue weighted by atomic mass is 35.5. The van der Waals surface area contributed by atoms with Crippen LogP contribution in [0.4, 0.5) is 10.5 Å². The highest BCUT2D eigenvalue weighted by Crippen LogP contribution is 2.28. The van der Waals surface area contributed by atoms with Crippen molar-refractivity contribution < 1.29 is 9.59 Å². The Labute approximate surface area is 184 Å². The topological polar surface area (TPSA) is 54.3 Å². The lowest BCUT2D eigenvalue weighted by Gasteiger charge is -2.10. The first kappa shape index (κ1) is 19.2. The van der Waals surface area contributed by atoms with Gasteiger partial charge in [-0.05, 0) is 35.9 Å². The van der Waals surface area contributed by atoms with Gasteiger partial charge < -0.3 is 9.88 Å². The molecule has 5 nitrogen and oxygen atoms in total. The van der Waals surface area contributed by atoms with Crippen LogP contribution in [0.15, 0.2) is 90.8 Å². The van der Waals surface area contributed by atoms with Gasteiger partial charge >= 0.3 is 6.03 Å². The summed E-state index contributed by atoms with van der Waals surface area (Å²) in [6.45, 7) is 0.597. The SMILES string of the molecule is O=C1NC(=Cc2cn(Cc3ccccc3Cl)c3ccccc23)C(=O)N1c1ccccc1. The van der Waals surface area contributed by atoms with Crippen molar-refractivity contribution in [1.82, 2.24) is 9.88 Å². The molecule has 0 unspecified atom stereocenters. The van der Waals surface area contributed by atoms with Crippen molar-refractivity contribution in [2.45, 2.75) is 6.54 Å². The summed E-state index contributed by atoms with van der Waals surface area (Å²) in [6.07, 6.45) is 3.71. The Kier molecular flexibility index (Phi) is 4.81. The molecule has 0 saturated carbocycles. The molecule has 0 radical (unpaired) electrons. The Morgan fingerprint density at radius 2 is 1.58 bits per heavy atom. The van der Waals surface area contributed by atoms with Crippen LogP contribution in [0.3, 0.4) is 0 Å². The average Bonchev–Trinajstić information content (AvgIpc) is 3.27. The van der Waals surface area contributed by atoms with Gasteiger partial charge in [0.1, 0.15) is 5.70 Å². The molecule has 5 rings (SSSR count). The van der Waals surface area contributed by atoms with Gasteiger partial charge in [0.15, 0.2) is 0 Å². The van der Waals surface area contributed by atoms with Crippen LogP contribution in [0.2, 0.25) is 5.02 Å². The third-order valence-corrected chi connectivity index (χ3v) is 5.68. The molecule has 1 aromatic heterocycles. The highest BCUT2D eigenvalue weighted by molar-refractivity contribution is 6.31. The van der Waals surface area contributed by atoms with Gasteiger partial charge in [0, 0.05) is 34.2 Å². The standard InChI is InChI=1S/C25H18ClN3O2/c26-21-12-6-4-8-17(21)15-28-16-18(20-11-5-7-13-23(20)28)14-22-24(30)29(25(31)27-22)19-9-2-1-3-10-19/h1-14,16H,15H2,(H,27,31). The van der Waals surface area contributed by atoms with E-state index in [-0.39, 0.29) is 11.6 Å². The van der Waals surface area contributed by atoms with Crippen LogP contribution >= 0.6 is 11.6 Å². The molecule has 6 heteroatoms. The number of amides is 3. The molecule has 3 amide bonds. The lowest BCUT2D eigenvalue weighted by molar-refractivity contribution is -0.113. The fraction of sp³-hybridized carbons (Fsp3) is 0.0400. The van der Waals surface area contributed by atoms with E-state index in [1.54, 1.807) is 30.3 Å². The summed E-state index contributed by atoms with van der Waals surface area (Å²) < 4.78 is 2.10. The summed E-state index contributed by atoms with van der Waals surface area (Å²) in [5.74, 6) is -0.376. The van der Waals surface area contributed by atoms with Crippen LogP contribution in [0.25, 0.3) is 17.0 Å². The molecule has 0 atom stereocenters. The molecule has 0 aliphatic carbocycles. The number of imide groups is 1. The van der Waals surface area contributed by atoms with Crippen molar-refractivity contribution in [1.29, 1.82) is 0 Å². The van der Waals surface area contributed by atoms with Crippen molar-refractivity contribution in [3.05, 3.63) is 107 Å². The maximum absolute atomic E-state index is 12.9. The number of para-hydroxylation sites is 2. The number of fused-ring (bicyclic) bond motifs is 1. The third-order valence-electron chi connectivity index (χ3n) is 5.31. The lowest BCUT2D eigenvalue weighted by atomic mass is 10.1. The van der Waals surface area contributed by atoms with E-state index >= 15 is 0 Å². The summed E-state index contributed by atoms with van der Waals surface area (Å²) >= 11 is 6.36. The Hall–Kier alpha value is -3.83. The molecule has 1 aliphatic heterocycles. The van der Waals surface area contributed by atoms with Crippen LogP contribution in [-0.2, 0) is 11.3 Å². The minimum absolute atomic E-state index is 0.245.